The first-order chi connectivity index (χ1) is 4.38. The van der Waals surface area contributed by atoms with Crippen molar-refractivity contribution in [1.82, 2.24) is 4.90 Å². The van der Waals surface area contributed by atoms with Crippen molar-refractivity contribution in [3.05, 3.63) is 0 Å². The molecule has 4 heteroatoms. The van der Waals surface area contributed by atoms with Crippen molar-refractivity contribution in [2.24, 2.45) is 0 Å². The van der Waals surface area contributed by atoms with Crippen LogP contribution in [0.2, 0.25) is 0 Å². The SMILES string of the molecule is O=CN1CC[I-][C@H]1CO. The fourth-order valence-corrected chi connectivity index (χ4v) is 3.52. The second-order valence-corrected chi connectivity index (χ2v) is 5.20. The standard InChI is InChI=1S/C5H9INO2/c8-3-5-6-1-2-7(5)4-9/h4-5,8H,1-3H2/q-1/t5-/m1/s1. The maximum absolute atomic E-state index is 10.2. The van der Waals surface area contributed by atoms with Gasteiger partial charge in [0.05, 0.1) is 0 Å². The Balaban J connectivity index is 2.41. The summed E-state index contributed by atoms with van der Waals surface area (Å²) in [6.07, 6.45) is 0.841. The third-order valence-corrected chi connectivity index (χ3v) is 4.51. The van der Waals surface area contributed by atoms with Crippen LogP contribution >= 0.6 is 0 Å². The minimum absolute atomic E-state index is 0.0743. The van der Waals surface area contributed by atoms with Crippen LogP contribution in [0.4, 0.5) is 0 Å². The topological polar surface area (TPSA) is 40.5 Å². The molecule has 0 bridgehead atoms. The summed E-state index contributed by atoms with van der Waals surface area (Å²) in [5.74, 6) is 0. The molecule has 0 spiro atoms. The molecular weight excluding hydrogens is 233 g/mol. The number of amides is 1. The van der Waals surface area contributed by atoms with Gasteiger partial charge < -0.3 is 0 Å². The summed E-state index contributed by atoms with van der Waals surface area (Å²) < 4.78 is 1.35. The number of aliphatic hydroxyl groups is 1. The quantitative estimate of drug-likeness (QED) is 0.231. The van der Waals surface area contributed by atoms with Gasteiger partial charge in [0.1, 0.15) is 0 Å². The van der Waals surface area contributed by atoms with E-state index in [4.69, 9.17) is 5.11 Å². The van der Waals surface area contributed by atoms with Crippen LogP contribution in [-0.4, -0.2) is 38.0 Å². The van der Waals surface area contributed by atoms with E-state index in [0.29, 0.717) is 0 Å². The maximum atomic E-state index is 10.2. The molecule has 1 aliphatic heterocycles. The van der Waals surface area contributed by atoms with Crippen molar-refractivity contribution in [2.45, 2.75) is 4.05 Å². The van der Waals surface area contributed by atoms with Crippen LogP contribution in [-0.2, 0) is 4.79 Å². The summed E-state index contributed by atoms with van der Waals surface area (Å²) >= 11 is 0.0743. The van der Waals surface area contributed by atoms with E-state index in [0.717, 1.165) is 17.4 Å². The summed E-state index contributed by atoms with van der Waals surface area (Å²) in [6, 6.07) is 0. The van der Waals surface area contributed by atoms with Crippen molar-refractivity contribution < 1.29 is 31.1 Å². The van der Waals surface area contributed by atoms with Crippen molar-refractivity contribution in [3.63, 3.8) is 0 Å². The molecule has 1 atom stereocenters. The molecule has 0 unspecified atom stereocenters. The van der Waals surface area contributed by atoms with Gasteiger partial charge in [-0.05, 0) is 0 Å². The third kappa shape index (κ3) is 1.54. The summed E-state index contributed by atoms with van der Waals surface area (Å²) in [5, 5.41) is 8.69. The Bertz CT molecular complexity index is 109. The second-order valence-electron chi connectivity index (χ2n) is 1.80. The summed E-state index contributed by atoms with van der Waals surface area (Å²) in [4.78, 5) is 11.9. The van der Waals surface area contributed by atoms with Crippen LogP contribution in [0.25, 0.3) is 0 Å². The number of carbonyl (C=O) groups is 1. The van der Waals surface area contributed by atoms with Crippen LogP contribution < -0.4 is 21.2 Å². The van der Waals surface area contributed by atoms with Gasteiger partial charge in [-0.25, -0.2) is 0 Å². The molecule has 0 aliphatic carbocycles. The number of rotatable bonds is 2. The molecule has 1 aliphatic rings. The Morgan fingerprint density at radius 2 is 2.67 bits per heavy atom. The monoisotopic (exact) mass is 242 g/mol. The van der Waals surface area contributed by atoms with Gasteiger partial charge in [0, 0.05) is 0 Å². The number of nitrogens with zero attached hydrogens (tertiary/aromatic N) is 1. The van der Waals surface area contributed by atoms with E-state index >= 15 is 0 Å². The van der Waals surface area contributed by atoms with E-state index < -0.39 is 0 Å². The first-order valence-corrected chi connectivity index (χ1v) is 5.55. The molecule has 9 heavy (non-hydrogen) atoms. The molecule has 0 radical (unpaired) electrons. The van der Waals surface area contributed by atoms with Crippen LogP contribution in [0.1, 0.15) is 0 Å². The van der Waals surface area contributed by atoms with Crippen LogP contribution in [0, 0.1) is 0 Å². The average molecular weight is 242 g/mol. The normalized spacial score (nSPS) is 27.7. The number of alkyl halides is 2. The first-order valence-electron chi connectivity index (χ1n) is 2.78. The van der Waals surface area contributed by atoms with Crippen molar-refractivity contribution in [3.8, 4) is 0 Å². The molecule has 0 aromatic rings. The first kappa shape index (κ1) is 7.27. The Labute approximate surface area is 64.3 Å². The Morgan fingerprint density at radius 3 is 3.11 bits per heavy atom. The van der Waals surface area contributed by atoms with Gasteiger partial charge in [-0.2, -0.15) is 0 Å². The predicted octanol–water partition coefficient (Wildman–Crippen LogP) is -4.13. The van der Waals surface area contributed by atoms with E-state index in [1.807, 2.05) is 0 Å². The number of hydrogen-bond acceptors (Lipinski definition) is 2. The van der Waals surface area contributed by atoms with E-state index in [-0.39, 0.29) is 31.9 Å². The summed E-state index contributed by atoms with van der Waals surface area (Å²) in [6.45, 7) is 1.02. The third-order valence-electron chi connectivity index (χ3n) is 1.28. The molecule has 3 nitrogen and oxygen atoms in total. The second kappa shape index (κ2) is 3.36. The van der Waals surface area contributed by atoms with Crippen LogP contribution in [0.3, 0.4) is 0 Å². The van der Waals surface area contributed by atoms with Crippen molar-refractivity contribution in [1.29, 1.82) is 0 Å². The molecule has 1 amide bonds. The van der Waals surface area contributed by atoms with E-state index in [1.54, 1.807) is 4.90 Å². The predicted molar refractivity (Wildman–Crippen MR) is 28.5 cm³/mol. The van der Waals surface area contributed by atoms with Crippen molar-refractivity contribution in [2.75, 3.05) is 17.6 Å². The fourth-order valence-electron chi connectivity index (χ4n) is 0.773. The van der Waals surface area contributed by atoms with Gasteiger partial charge in [0.2, 0.25) is 0 Å². The Morgan fingerprint density at radius 1 is 1.89 bits per heavy atom. The number of halogens is 1. The number of carbonyl (C=O) groups excluding carboxylic acids is 1. The average Bonchev–Trinajstić information content (AvgIpc) is 2.33. The molecule has 1 saturated heterocycles. The molecule has 54 valence electrons. The van der Waals surface area contributed by atoms with Gasteiger partial charge in [0.15, 0.2) is 0 Å². The Hall–Kier alpha value is 0.160. The van der Waals surface area contributed by atoms with E-state index in [1.165, 1.54) is 0 Å². The van der Waals surface area contributed by atoms with Gasteiger partial charge in [-0.15, -0.1) is 0 Å². The van der Waals surface area contributed by atoms with Gasteiger partial charge in [-0.1, -0.05) is 0 Å². The van der Waals surface area contributed by atoms with E-state index in [9.17, 15) is 4.79 Å². The van der Waals surface area contributed by atoms with Gasteiger partial charge >= 0.3 is 64.0 Å². The Kier molecular flexibility index (Phi) is 2.71. The molecule has 1 rings (SSSR count). The molecule has 0 saturated carbocycles. The minimum atomic E-state index is 0.0743. The molecule has 1 N–H and O–H groups in total. The zero-order valence-electron chi connectivity index (χ0n) is 4.96. The summed E-state index contributed by atoms with van der Waals surface area (Å²) in [7, 11) is 0. The molecule has 0 aromatic heterocycles. The zero-order chi connectivity index (χ0) is 6.69. The number of hydrogen-bond donors (Lipinski definition) is 1. The van der Waals surface area contributed by atoms with Gasteiger partial charge in [0.25, 0.3) is 0 Å². The molecule has 0 aromatic carbocycles. The molecular formula is C5H9INO2-. The fraction of sp³-hybridized carbons (Fsp3) is 0.800. The van der Waals surface area contributed by atoms with Crippen molar-refractivity contribution >= 4 is 6.41 Å². The molecule has 1 heterocycles. The summed E-state index contributed by atoms with van der Waals surface area (Å²) in [5.41, 5.74) is 0. The van der Waals surface area contributed by atoms with Gasteiger partial charge in [-0.3, -0.25) is 0 Å². The zero-order valence-corrected chi connectivity index (χ0v) is 7.11. The van der Waals surface area contributed by atoms with Crippen LogP contribution in [0.5, 0.6) is 0 Å². The van der Waals surface area contributed by atoms with Crippen LogP contribution in [0.15, 0.2) is 0 Å². The molecule has 1 fully saturated rings. The number of aliphatic hydroxyl groups excluding tert-OH is 1. The van der Waals surface area contributed by atoms with E-state index in [2.05, 4.69) is 0 Å².